The first kappa shape index (κ1) is 19.4. The van der Waals surface area contributed by atoms with E-state index in [1.54, 1.807) is 0 Å². The summed E-state index contributed by atoms with van der Waals surface area (Å²) in [6.07, 6.45) is 7.01. The van der Waals surface area contributed by atoms with Crippen molar-refractivity contribution in [1.29, 1.82) is 0 Å². The average molecular weight is 369 g/mol. The Balaban J connectivity index is 1.66. The number of likely N-dealkylation sites (tertiary alicyclic amines) is 1. The monoisotopic (exact) mass is 368 g/mol. The molecule has 2 unspecified atom stereocenters. The quantitative estimate of drug-likeness (QED) is 0.651. The Labute approximate surface area is 162 Å². The van der Waals surface area contributed by atoms with Crippen LogP contribution >= 0.6 is 0 Å². The zero-order valence-corrected chi connectivity index (χ0v) is 17.0. The number of imidazole rings is 1. The van der Waals surface area contributed by atoms with Gasteiger partial charge in [-0.3, -0.25) is 4.99 Å². The van der Waals surface area contributed by atoms with Crippen LogP contribution in [0.3, 0.4) is 0 Å². The van der Waals surface area contributed by atoms with Crippen molar-refractivity contribution in [3.63, 3.8) is 0 Å². The molecule has 6 heteroatoms. The van der Waals surface area contributed by atoms with Crippen LogP contribution < -0.4 is 5.32 Å². The van der Waals surface area contributed by atoms with Crippen LogP contribution in [-0.4, -0.2) is 59.5 Å². The van der Waals surface area contributed by atoms with Gasteiger partial charge in [-0.1, -0.05) is 31.2 Å². The summed E-state index contributed by atoms with van der Waals surface area (Å²) in [4.78, 5) is 13.4. The second-order valence-corrected chi connectivity index (χ2v) is 7.70. The molecular formula is C21H32N6. The minimum atomic E-state index is 0.431. The molecule has 1 saturated heterocycles. The van der Waals surface area contributed by atoms with Crippen molar-refractivity contribution in [1.82, 2.24) is 24.7 Å². The summed E-state index contributed by atoms with van der Waals surface area (Å²) in [5.74, 6) is 1.61. The van der Waals surface area contributed by atoms with Gasteiger partial charge >= 0.3 is 0 Å². The largest absolute Gasteiger partial charge is 0.352 e. The van der Waals surface area contributed by atoms with Crippen LogP contribution in [0.2, 0.25) is 0 Å². The fourth-order valence-electron chi connectivity index (χ4n) is 3.83. The van der Waals surface area contributed by atoms with Gasteiger partial charge < -0.3 is 19.7 Å². The van der Waals surface area contributed by atoms with Gasteiger partial charge in [0.2, 0.25) is 0 Å². The van der Waals surface area contributed by atoms with E-state index in [1.165, 1.54) is 11.1 Å². The van der Waals surface area contributed by atoms with Crippen molar-refractivity contribution in [2.45, 2.75) is 32.5 Å². The van der Waals surface area contributed by atoms with E-state index in [4.69, 9.17) is 0 Å². The predicted molar refractivity (Wildman–Crippen MR) is 111 cm³/mol. The molecule has 0 radical (unpaired) electrons. The summed E-state index contributed by atoms with van der Waals surface area (Å²) >= 11 is 0. The third-order valence-electron chi connectivity index (χ3n) is 5.38. The van der Waals surface area contributed by atoms with E-state index in [1.807, 2.05) is 19.6 Å². The fourth-order valence-corrected chi connectivity index (χ4v) is 3.83. The molecule has 2 atom stereocenters. The molecule has 6 nitrogen and oxygen atoms in total. The summed E-state index contributed by atoms with van der Waals surface area (Å²) in [7, 11) is 6.08. The molecule has 1 aliphatic rings. The molecule has 0 bridgehead atoms. The Hall–Kier alpha value is -2.34. The van der Waals surface area contributed by atoms with Crippen molar-refractivity contribution < 1.29 is 0 Å². The molecule has 1 N–H and O–H groups in total. The van der Waals surface area contributed by atoms with Crippen LogP contribution in [-0.2, 0) is 13.1 Å². The van der Waals surface area contributed by atoms with Gasteiger partial charge in [-0.05, 0) is 37.6 Å². The molecule has 0 saturated carbocycles. The number of aromatic nitrogens is 2. The second-order valence-electron chi connectivity index (χ2n) is 7.70. The van der Waals surface area contributed by atoms with E-state index < -0.39 is 0 Å². The second kappa shape index (κ2) is 9.04. The number of piperidine rings is 1. The number of hydrogen-bond donors (Lipinski definition) is 1. The van der Waals surface area contributed by atoms with Crippen molar-refractivity contribution in [3.05, 3.63) is 54.1 Å². The molecule has 2 heterocycles. The van der Waals surface area contributed by atoms with E-state index in [2.05, 4.69) is 81.1 Å². The van der Waals surface area contributed by atoms with Gasteiger partial charge in [0.05, 0.1) is 12.4 Å². The highest BCUT2D eigenvalue weighted by Crippen LogP contribution is 2.27. The highest BCUT2D eigenvalue weighted by atomic mass is 15.3. The number of rotatable bonds is 5. The van der Waals surface area contributed by atoms with Gasteiger partial charge in [0.1, 0.15) is 0 Å². The Kier molecular flexibility index (Phi) is 6.50. The predicted octanol–water partition coefficient (Wildman–Crippen LogP) is 2.60. The molecule has 146 valence electrons. The maximum absolute atomic E-state index is 4.55. The lowest BCUT2D eigenvalue weighted by molar-refractivity contribution is 0.189. The van der Waals surface area contributed by atoms with Crippen molar-refractivity contribution in [2.24, 2.45) is 10.9 Å². The molecule has 1 aromatic heterocycles. The number of benzene rings is 1. The maximum atomic E-state index is 4.55. The van der Waals surface area contributed by atoms with Crippen molar-refractivity contribution >= 4 is 5.96 Å². The first-order valence-electron chi connectivity index (χ1n) is 9.73. The minimum Gasteiger partial charge on any atom is -0.352 e. The van der Waals surface area contributed by atoms with Crippen LogP contribution in [0.5, 0.6) is 0 Å². The highest BCUT2D eigenvalue weighted by Gasteiger charge is 2.28. The van der Waals surface area contributed by atoms with Gasteiger partial charge in [0.25, 0.3) is 0 Å². The Morgan fingerprint density at radius 1 is 1.30 bits per heavy atom. The van der Waals surface area contributed by atoms with E-state index in [0.717, 1.165) is 38.6 Å². The molecule has 1 aliphatic heterocycles. The number of hydrogen-bond acceptors (Lipinski definition) is 3. The summed E-state index contributed by atoms with van der Waals surface area (Å²) in [6.45, 7) is 6.05. The Bertz CT molecular complexity index is 737. The zero-order valence-electron chi connectivity index (χ0n) is 17.0. The molecule has 0 amide bonds. The van der Waals surface area contributed by atoms with Crippen LogP contribution in [0.4, 0.5) is 0 Å². The van der Waals surface area contributed by atoms with Gasteiger partial charge in [0, 0.05) is 45.6 Å². The van der Waals surface area contributed by atoms with Crippen LogP contribution in [0.25, 0.3) is 0 Å². The molecule has 2 aromatic rings. The standard InChI is InChI=1S/C21H32N6/c1-17-9-11-26(15-20(17)27-12-10-23-16-27)21(22-2)24-13-18-7-5-6-8-19(18)14-25(3)4/h5-8,10,12,16-17,20H,9,11,13-15H2,1-4H3,(H,22,24). The first-order valence-corrected chi connectivity index (χ1v) is 9.73. The topological polar surface area (TPSA) is 48.7 Å². The van der Waals surface area contributed by atoms with Crippen LogP contribution in [0, 0.1) is 5.92 Å². The average Bonchev–Trinajstić information content (AvgIpc) is 3.18. The van der Waals surface area contributed by atoms with E-state index in [9.17, 15) is 0 Å². The molecule has 1 fully saturated rings. The molecule has 0 spiro atoms. The lowest BCUT2D eigenvalue weighted by atomic mass is 9.93. The van der Waals surface area contributed by atoms with Crippen molar-refractivity contribution in [2.75, 3.05) is 34.2 Å². The summed E-state index contributed by atoms with van der Waals surface area (Å²) in [5, 5.41) is 3.58. The number of nitrogens with zero attached hydrogens (tertiary/aromatic N) is 5. The Morgan fingerprint density at radius 2 is 2.07 bits per heavy atom. The Morgan fingerprint density at radius 3 is 2.74 bits per heavy atom. The molecular weight excluding hydrogens is 336 g/mol. The SMILES string of the molecule is CN=C(NCc1ccccc1CN(C)C)N1CCC(C)C(n2ccnc2)C1. The fraction of sp³-hybridized carbons (Fsp3) is 0.524. The molecule has 3 rings (SSSR count). The van der Waals surface area contributed by atoms with Gasteiger partial charge in [-0.15, -0.1) is 0 Å². The van der Waals surface area contributed by atoms with Gasteiger partial charge in [-0.2, -0.15) is 0 Å². The van der Waals surface area contributed by atoms with Crippen molar-refractivity contribution in [3.8, 4) is 0 Å². The highest BCUT2D eigenvalue weighted by molar-refractivity contribution is 5.80. The zero-order chi connectivity index (χ0) is 19.2. The number of nitrogens with one attached hydrogen (secondary N) is 1. The summed E-state index contributed by atoms with van der Waals surface area (Å²) < 4.78 is 2.23. The molecule has 27 heavy (non-hydrogen) atoms. The summed E-state index contributed by atoms with van der Waals surface area (Å²) in [6, 6.07) is 9.05. The first-order chi connectivity index (χ1) is 13.1. The number of guanidine groups is 1. The number of aliphatic imine (C=N–C) groups is 1. The smallest absolute Gasteiger partial charge is 0.193 e. The third kappa shape index (κ3) is 4.89. The molecule has 0 aliphatic carbocycles. The minimum absolute atomic E-state index is 0.431. The van der Waals surface area contributed by atoms with Gasteiger partial charge in [0.15, 0.2) is 5.96 Å². The van der Waals surface area contributed by atoms with Crippen LogP contribution in [0.1, 0.15) is 30.5 Å². The molecule has 1 aromatic carbocycles. The summed E-state index contributed by atoms with van der Waals surface area (Å²) in [5.41, 5.74) is 2.68. The lowest BCUT2D eigenvalue weighted by Gasteiger charge is -2.39. The van der Waals surface area contributed by atoms with Crippen LogP contribution in [0.15, 0.2) is 48.0 Å². The van der Waals surface area contributed by atoms with E-state index in [-0.39, 0.29) is 0 Å². The van der Waals surface area contributed by atoms with Gasteiger partial charge in [-0.25, -0.2) is 4.98 Å². The third-order valence-corrected chi connectivity index (χ3v) is 5.38. The van der Waals surface area contributed by atoms with E-state index in [0.29, 0.717) is 12.0 Å². The maximum Gasteiger partial charge on any atom is 0.193 e. The van der Waals surface area contributed by atoms with E-state index >= 15 is 0 Å². The normalized spacial score (nSPS) is 20.9. The lowest BCUT2D eigenvalue weighted by Crippen LogP contribution is -2.48.